The maximum Gasteiger partial charge on any atom is 0.146 e. The summed E-state index contributed by atoms with van der Waals surface area (Å²) in [6.45, 7) is 7.97. The Morgan fingerprint density at radius 3 is 2.39 bits per heavy atom. The zero-order valence-electron chi connectivity index (χ0n) is 11.4. The number of piperidine rings is 1. The van der Waals surface area contributed by atoms with E-state index in [1.54, 1.807) is 13.0 Å². The summed E-state index contributed by atoms with van der Waals surface area (Å²) < 4.78 is 14.0. The number of hydrogen-bond donors (Lipinski definition) is 1. The molecule has 0 spiro atoms. The Bertz CT molecular complexity index is 419. The molecular weight excluding hydrogens is 229 g/mol. The quantitative estimate of drug-likeness (QED) is 0.869. The summed E-state index contributed by atoms with van der Waals surface area (Å²) in [6.07, 6.45) is 1.56. The van der Waals surface area contributed by atoms with Crippen LogP contribution in [0.4, 0.5) is 10.1 Å². The van der Waals surface area contributed by atoms with Crippen molar-refractivity contribution in [3.05, 3.63) is 29.6 Å². The third-order valence-electron chi connectivity index (χ3n) is 3.91. The highest BCUT2D eigenvalue weighted by Crippen LogP contribution is 2.33. The zero-order valence-corrected chi connectivity index (χ0v) is 11.4. The Kier molecular flexibility index (Phi) is 3.62. The minimum atomic E-state index is -0.617. The molecule has 1 N–H and O–H groups in total. The summed E-state index contributed by atoms with van der Waals surface area (Å²) in [5.41, 5.74) is 1.66. The van der Waals surface area contributed by atoms with Crippen LogP contribution < -0.4 is 4.90 Å². The smallest absolute Gasteiger partial charge is 0.146 e. The number of nitrogens with zero attached hydrogens (tertiary/aromatic N) is 1. The average Bonchev–Trinajstić information content (AvgIpc) is 2.29. The summed E-state index contributed by atoms with van der Waals surface area (Å²) in [5, 5.41) is 9.44. The number of benzene rings is 1. The van der Waals surface area contributed by atoms with E-state index in [1.165, 1.54) is 6.07 Å². The summed E-state index contributed by atoms with van der Waals surface area (Å²) in [4.78, 5) is 2.10. The molecule has 0 amide bonds. The first kappa shape index (κ1) is 13.3. The standard InChI is InChI=1S/C15H22FNO/c1-11(18)12-4-5-14(13(16)10-12)17-8-6-15(2,3)7-9-17/h4-5,10-11,18H,6-9H2,1-3H3. The van der Waals surface area contributed by atoms with E-state index in [2.05, 4.69) is 18.7 Å². The molecule has 100 valence electrons. The van der Waals surface area contributed by atoms with Crippen molar-refractivity contribution in [1.82, 2.24) is 0 Å². The predicted octanol–water partition coefficient (Wildman–Crippen LogP) is 3.51. The molecule has 0 aromatic heterocycles. The normalized spacial score (nSPS) is 20.8. The molecule has 2 nitrogen and oxygen atoms in total. The van der Waals surface area contributed by atoms with Gasteiger partial charge in [0.15, 0.2) is 0 Å². The van der Waals surface area contributed by atoms with Gasteiger partial charge in [-0.05, 0) is 42.9 Å². The number of aliphatic hydroxyl groups is 1. The zero-order chi connectivity index (χ0) is 13.3. The molecule has 1 unspecified atom stereocenters. The molecule has 0 aliphatic carbocycles. The van der Waals surface area contributed by atoms with Crippen molar-refractivity contribution in [2.75, 3.05) is 18.0 Å². The first-order chi connectivity index (χ1) is 8.39. The third kappa shape index (κ3) is 2.83. The number of hydrogen-bond acceptors (Lipinski definition) is 2. The Balaban J connectivity index is 2.15. The van der Waals surface area contributed by atoms with Crippen molar-refractivity contribution in [3.63, 3.8) is 0 Å². The summed E-state index contributed by atoms with van der Waals surface area (Å²) in [5.74, 6) is -0.229. The Hall–Kier alpha value is -1.09. The van der Waals surface area contributed by atoms with Crippen LogP contribution in [-0.4, -0.2) is 18.2 Å². The fourth-order valence-corrected chi connectivity index (χ4v) is 2.39. The van der Waals surface area contributed by atoms with Crippen molar-refractivity contribution in [2.45, 2.75) is 39.7 Å². The van der Waals surface area contributed by atoms with Gasteiger partial charge >= 0.3 is 0 Å². The molecular formula is C15H22FNO. The van der Waals surface area contributed by atoms with Crippen molar-refractivity contribution >= 4 is 5.69 Å². The first-order valence-electron chi connectivity index (χ1n) is 6.61. The molecule has 2 rings (SSSR count). The number of halogens is 1. The third-order valence-corrected chi connectivity index (χ3v) is 3.91. The van der Waals surface area contributed by atoms with Crippen molar-refractivity contribution < 1.29 is 9.50 Å². The van der Waals surface area contributed by atoms with Gasteiger partial charge in [0.1, 0.15) is 5.82 Å². The van der Waals surface area contributed by atoms with E-state index in [0.29, 0.717) is 16.7 Å². The number of anilines is 1. The lowest BCUT2D eigenvalue weighted by atomic mass is 9.82. The van der Waals surface area contributed by atoms with Crippen LogP contribution in [0.15, 0.2) is 18.2 Å². The van der Waals surface area contributed by atoms with Gasteiger partial charge in [-0.1, -0.05) is 19.9 Å². The van der Waals surface area contributed by atoms with Crippen LogP contribution in [0.25, 0.3) is 0 Å². The van der Waals surface area contributed by atoms with Gasteiger partial charge in [-0.15, -0.1) is 0 Å². The van der Waals surface area contributed by atoms with Gasteiger partial charge in [0.25, 0.3) is 0 Å². The maximum atomic E-state index is 14.0. The summed E-state index contributed by atoms with van der Waals surface area (Å²) in [6, 6.07) is 5.04. The van der Waals surface area contributed by atoms with Gasteiger partial charge < -0.3 is 10.0 Å². The SMILES string of the molecule is CC(O)c1ccc(N2CCC(C)(C)CC2)c(F)c1. The van der Waals surface area contributed by atoms with Gasteiger partial charge in [-0.3, -0.25) is 0 Å². The molecule has 1 saturated heterocycles. The lowest BCUT2D eigenvalue weighted by Gasteiger charge is -2.38. The van der Waals surface area contributed by atoms with Crippen molar-refractivity contribution in [3.8, 4) is 0 Å². The molecule has 0 radical (unpaired) electrons. The van der Waals surface area contributed by atoms with E-state index in [0.717, 1.165) is 25.9 Å². The fourth-order valence-electron chi connectivity index (χ4n) is 2.39. The molecule has 1 aromatic rings. The largest absolute Gasteiger partial charge is 0.389 e. The maximum absolute atomic E-state index is 14.0. The van der Waals surface area contributed by atoms with Crippen molar-refractivity contribution in [2.24, 2.45) is 5.41 Å². The highest BCUT2D eigenvalue weighted by Gasteiger charge is 2.26. The van der Waals surface area contributed by atoms with E-state index in [9.17, 15) is 9.50 Å². The topological polar surface area (TPSA) is 23.5 Å². The molecule has 1 atom stereocenters. The Morgan fingerprint density at radius 1 is 1.28 bits per heavy atom. The summed E-state index contributed by atoms with van der Waals surface area (Å²) >= 11 is 0. The summed E-state index contributed by atoms with van der Waals surface area (Å²) in [7, 11) is 0. The van der Waals surface area contributed by atoms with Crippen LogP contribution in [0.1, 0.15) is 45.3 Å². The van der Waals surface area contributed by atoms with E-state index in [1.807, 2.05) is 6.07 Å². The second kappa shape index (κ2) is 4.88. The highest BCUT2D eigenvalue weighted by atomic mass is 19.1. The lowest BCUT2D eigenvalue weighted by molar-refractivity contribution is 0.199. The molecule has 3 heteroatoms. The van der Waals surface area contributed by atoms with Crippen LogP contribution in [0, 0.1) is 11.2 Å². The van der Waals surface area contributed by atoms with Gasteiger partial charge in [0, 0.05) is 13.1 Å². The number of aliphatic hydroxyl groups excluding tert-OH is 1. The second-order valence-corrected chi connectivity index (χ2v) is 6.04. The number of rotatable bonds is 2. The van der Waals surface area contributed by atoms with Crippen molar-refractivity contribution in [1.29, 1.82) is 0 Å². The van der Waals surface area contributed by atoms with Gasteiger partial charge in [0.2, 0.25) is 0 Å². The minimum absolute atomic E-state index is 0.229. The van der Waals surface area contributed by atoms with Crippen LogP contribution in [0.2, 0.25) is 0 Å². The van der Waals surface area contributed by atoms with Crippen LogP contribution in [0.3, 0.4) is 0 Å². The van der Waals surface area contributed by atoms with Gasteiger partial charge in [-0.2, -0.15) is 0 Å². The van der Waals surface area contributed by atoms with Crippen LogP contribution >= 0.6 is 0 Å². The van der Waals surface area contributed by atoms with Gasteiger partial charge in [0.05, 0.1) is 11.8 Å². The van der Waals surface area contributed by atoms with E-state index >= 15 is 0 Å². The van der Waals surface area contributed by atoms with E-state index in [-0.39, 0.29) is 5.82 Å². The first-order valence-corrected chi connectivity index (χ1v) is 6.61. The monoisotopic (exact) mass is 251 g/mol. The fraction of sp³-hybridized carbons (Fsp3) is 0.600. The molecule has 0 bridgehead atoms. The predicted molar refractivity (Wildman–Crippen MR) is 72.3 cm³/mol. The molecule has 18 heavy (non-hydrogen) atoms. The molecule has 0 saturated carbocycles. The Labute approximate surface area is 108 Å². The van der Waals surface area contributed by atoms with Crippen LogP contribution in [-0.2, 0) is 0 Å². The molecule has 1 fully saturated rings. The van der Waals surface area contributed by atoms with Gasteiger partial charge in [-0.25, -0.2) is 4.39 Å². The van der Waals surface area contributed by atoms with E-state index in [4.69, 9.17) is 0 Å². The molecule has 1 aliphatic rings. The van der Waals surface area contributed by atoms with E-state index < -0.39 is 6.10 Å². The molecule has 1 aliphatic heterocycles. The minimum Gasteiger partial charge on any atom is -0.389 e. The average molecular weight is 251 g/mol. The molecule has 1 aromatic carbocycles. The molecule has 1 heterocycles. The second-order valence-electron chi connectivity index (χ2n) is 6.04. The van der Waals surface area contributed by atoms with Crippen LogP contribution in [0.5, 0.6) is 0 Å². The lowest BCUT2D eigenvalue weighted by Crippen LogP contribution is -2.37. The Morgan fingerprint density at radius 2 is 1.89 bits per heavy atom. The highest BCUT2D eigenvalue weighted by molar-refractivity contribution is 5.49.